The van der Waals surface area contributed by atoms with Crippen molar-refractivity contribution in [3.05, 3.63) is 23.8 Å². The number of hydrogen-bond acceptors (Lipinski definition) is 3. The highest BCUT2D eigenvalue weighted by atomic mass is 19.4. The van der Waals surface area contributed by atoms with E-state index in [-0.39, 0.29) is 11.3 Å². The van der Waals surface area contributed by atoms with Gasteiger partial charge in [-0.3, -0.25) is 0 Å². The molecule has 0 unspecified atom stereocenters. The van der Waals surface area contributed by atoms with E-state index in [0.29, 0.717) is 5.75 Å². The number of nitrogens with one attached hydrogen (secondary N) is 2. The molecule has 0 bridgehead atoms. The van der Waals surface area contributed by atoms with Crippen molar-refractivity contribution < 1.29 is 32.6 Å². The van der Waals surface area contributed by atoms with Gasteiger partial charge in [0, 0.05) is 12.6 Å². The van der Waals surface area contributed by atoms with Crippen LogP contribution < -0.4 is 15.4 Å². The molecule has 1 aromatic carbocycles. The Morgan fingerprint density at radius 3 is 2.52 bits per heavy atom. The summed E-state index contributed by atoms with van der Waals surface area (Å²) in [5.74, 6) is -0.992. The van der Waals surface area contributed by atoms with Gasteiger partial charge >= 0.3 is 18.2 Å². The Balaban J connectivity index is 2.72. The smallest absolute Gasteiger partial charge is 0.390 e. The Hall–Kier alpha value is -2.45. The lowest BCUT2D eigenvalue weighted by molar-refractivity contribution is -0.132. The quantitative estimate of drug-likeness (QED) is 0.780. The number of carboxylic acids is 1. The van der Waals surface area contributed by atoms with Crippen molar-refractivity contribution in [2.24, 2.45) is 0 Å². The monoisotopic (exact) mass is 306 g/mol. The lowest BCUT2D eigenvalue weighted by Crippen LogP contribution is -2.32. The molecule has 0 saturated heterocycles. The molecule has 2 amide bonds. The van der Waals surface area contributed by atoms with Gasteiger partial charge in [-0.2, -0.15) is 13.2 Å². The highest BCUT2D eigenvalue weighted by Crippen LogP contribution is 2.22. The molecule has 1 aromatic rings. The van der Waals surface area contributed by atoms with E-state index in [1.165, 1.54) is 25.3 Å². The first-order valence-electron chi connectivity index (χ1n) is 5.76. The number of benzene rings is 1. The fourth-order valence-corrected chi connectivity index (χ4v) is 1.42. The summed E-state index contributed by atoms with van der Waals surface area (Å²) in [6, 6.07) is 2.92. The molecule has 3 N–H and O–H groups in total. The number of urea groups is 1. The van der Waals surface area contributed by atoms with E-state index in [9.17, 15) is 22.8 Å². The number of ether oxygens (including phenoxy) is 1. The molecule has 0 aromatic heterocycles. The largest absolute Gasteiger partial charge is 0.497 e. The van der Waals surface area contributed by atoms with Gasteiger partial charge in [0.25, 0.3) is 0 Å². The summed E-state index contributed by atoms with van der Waals surface area (Å²) < 4.78 is 40.7. The van der Waals surface area contributed by atoms with Crippen molar-refractivity contribution >= 4 is 17.7 Å². The van der Waals surface area contributed by atoms with Crippen molar-refractivity contribution in [2.45, 2.75) is 12.6 Å². The maximum Gasteiger partial charge on any atom is 0.390 e. The number of aromatic carboxylic acids is 1. The molecule has 0 aliphatic carbocycles. The lowest BCUT2D eigenvalue weighted by atomic mass is 10.1. The van der Waals surface area contributed by atoms with Crippen LogP contribution in [0.5, 0.6) is 5.75 Å². The minimum Gasteiger partial charge on any atom is -0.497 e. The van der Waals surface area contributed by atoms with Crippen LogP contribution in [0.15, 0.2) is 18.2 Å². The summed E-state index contributed by atoms with van der Waals surface area (Å²) in [5.41, 5.74) is -0.284. The second-order valence-electron chi connectivity index (χ2n) is 3.96. The summed E-state index contributed by atoms with van der Waals surface area (Å²) in [5, 5.41) is 13.1. The molecule has 9 heteroatoms. The highest BCUT2D eigenvalue weighted by Gasteiger charge is 2.26. The molecule has 0 saturated carbocycles. The maximum absolute atomic E-state index is 11.9. The Labute approximate surface area is 117 Å². The molecule has 0 heterocycles. The number of rotatable bonds is 5. The van der Waals surface area contributed by atoms with Crippen molar-refractivity contribution in [3.8, 4) is 5.75 Å². The lowest BCUT2D eigenvalue weighted by Gasteiger charge is -2.12. The zero-order valence-corrected chi connectivity index (χ0v) is 11.0. The summed E-state index contributed by atoms with van der Waals surface area (Å²) in [6.45, 7) is -0.609. The minimum absolute atomic E-state index is 0.0774. The van der Waals surface area contributed by atoms with Crippen LogP contribution >= 0.6 is 0 Å². The highest BCUT2D eigenvalue weighted by molar-refractivity contribution is 6.00. The number of methoxy groups -OCH3 is 1. The van der Waals surface area contributed by atoms with E-state index in [1.807, 2.05) is 5.32 Å². The third kappa shape index (κ3) is 5.59. The minimum atomic E-state index is -4.38. The number of anilines is 1. The second-order valence-corrected chi connectivity index (χ2v) is 3.96. The van der Waals surface area contributed by atoms with Crippen LogP contribution in [-0.4, -0.2) is 36.9 Å². The standard InChI is InChI=1S/C12H13F3N2O4/c1-21-7-2-3-8(10(18)19)9(6-7)17-11(20)16-5-4-12(13,14)15/h2-3,6H,4-5H2,1H3,(H,18,19)(H2,16,17,20). The topological polar surface area (TPSA) is 87.7 Å². The molecule has 0 spiro atoms. The summed E-state index contributed by atoms with van der Waals surface area (Å²) in [6.07, 6.45) is -5.56. The van der Waals surface area contributed by atoms with Crippen LogP contribution in [0, 0.1) is 0 Å². The Morgan fingerprint density at radius 2 is 2.00 bits per heavy atom. The molecule has 0 fully saturated rings. The van der Waals surface area contributed by atoms with Crippen LogP contribution in [0.25, 0.3) is 0 Å². The fourth-order valence-electron chi connectivity index (χ4n) is 1.42. The van der Waals surface area contributed by atoms with E-state index in [1.54, 1.807) is 0 Å². The average molecular weight is 306 g/mol. The van der Waals surface area contributed by atoms with Crippen molar-refractivity contribution in [1.82, 2.24) is 5.32 Å². The van der Waals surface area contributed by atoms with E-state index in [4.69, 9.17) is 9.84 Å². The summed E-state index contributed by atoms with van der Waals surface area (Å²) in [4.78, 5) is 22.4. The second kappa shape index (κ2) is 6.82. The molecule has 116 valence electrons. The SMILES string of the molecule is COc1ccc(C(=O)O)c(NC(=O)NCCC(F)(F)F)c1. The number of carbonyl (C=O) groups is 2. The number of hydrogen-bond donors (Lipinski definition) is 3. The maximum atomic E-state index is 11.9. The van der Waals surface area contributed by atoms with Gasteiger partial charge in [-0.05, 0) is 12.1 Å². The van der Waals surface area contributed by atoms with Crippen molar-refractivity contribution in [1.29, 1.82) is 0 Å². The zero-order valence-electron chi connectivity index (χ0n) is 11.0. The molecule has 6 nitrogen and oxygen atoms in total. The first-order valence-corrected chi connectivity index (χ1v) is 5.76. The van der Waals surface area contributed by atoms with Gasteiger partial charge < -0.3 is 20.5 Å². The number of amides is 2. The Morgan fingerprint density at radius 1 is 1.33 bits per heavy atom. The molecule has 1 rings (SSSR count). The van der Waals surface area contributed by atoms with Crippen LogP contribution in [0.1, 0.15) is 16.8 Å². The molecular weight excluding hydrogens is 293 g/mol. The van der Waals surface area contributed by atoms with Gasteiger partial charge in [0.05, 0.1) is 24.8 Å². The molecule has 21 heavy (non-hydrogen) atoms. The van der Waals surface area contributed by atoms with Crippen LogP contribution in [0.4, 0.5) is 23.7 Å². The fraction of sp³-hybridized carbons (Fsp3) is 0.333. The van der Waals surface area contributed by atoms with Gasteiger partial charge in [0.2, 0.25) is 0 Å². The molecular formula is C12H13F3N2O4. The van der Waals surface area contributed by atoms with E-state index in [0.717, 1.165) is 0 Å². The van der Waals surface area contributed by atoms with Crippen LogP contribution in [0.3, 0.4) is 0 Å². The molecule has 0 radical (unpaired) electrons. The normalized spacial score (nSPS) is 10.9. The first-order chi connectivity index (χ1) is 9.73. The van der Waals surface area contributed by atoms with E-state index >= 15 is 0 Å². The van der Waals surface area contributed by atoms with Gasteiger partial charge in [-0.1, -0.05) is 0 Å². The average Bonchev–Trinajstić information content (AvgIpc) is 2.36. The zero-order chi connectivity index (χ0) is 16.0. The molecule has 0 atom stereocenters. The van der Waals surface area contributed by atoms with Crippen LogP contribution in [-0.2, 0) is 0 Å². The number of halogens is 3. The predicted molar refractivity (Wildman–Crippen MR) is 67.6 cm³/mol. The third-order valence-electron chi connectivity index (χ3n) is 2.40. The Bertz CT molecular complexity index is 532. The van der Waals surface area contributed by atoms with Gasteiger partial charge in [0.1, 0.15) is 5.75 Å². The number of carboxylic acid groups (broad SMARTS) is 1. The molecule has 0 aliphatic rings. The summed E-state index contributed by atoms with van der Waals surface area (Å²) >= 11 is 0. The predicted octanol–water partition coefficient (Wildman–Crippen LogP) is 2.47. The van der Waals surface area contributed by atoms with Crippen LogP contribution in [0.2, 0.25) is 0 Å². The Kier molecular flexibility index (Phi) is 5.39. The van der Waals surface area contributed by atoms with E-state index in [2.05, 4.69) is 5.32 Å². The van der Waals surface area contributed by atoms with Crippen molar-refractivity contribution in [2.75, 3.05) is 19.0 Å². The van der Waals surface area contributed by atoms with Gasteiger partial charge in [-0.25, -0.2) is 9.59 Å². The van der Waals surface area contributed by atoms with Crippen molar-refractivity contribution in [3.63, 3.8) is 0 Å². The van der Waals surface area contributed by atoms with E-state index < -0.39 is 31.1 Å². The van der Waals surface area contributed by atoms with Gasteiger partial charge in [0.15, 0.2) is 0 Å². The molecule has 0 aliphatic heterocycles. The van der Waals surface area contributed by atoms with Gasteiger partial charge in [-0.15, -0.1) is 0 Å². The first kappa shape index (κ1) is 16.6. The number of carbonyl (C=O) groups excluding carboxylic acids is 1. The number of alkyl halides is 3. The third-order valence-corrected chi connectivity index (χ3v) is 2.40. The summed E-state index contributed by atoms with van der Waals surface area (Å²) in [7, 11) is 1.35.